The van der Waals surface area contributed by atoms with E-state index in [2.05, 4.69) is 5.32 Å². The first-order chi connectivity index (χ1) is 8.86. The van der Waals surface area contributed by atoms with Gasteiger partial charge >= 0.3 is 5.97 Å². The molecule has 0 bridgehead atoms. The van der Waals surface area contributed by atoms with Crippen LogP contribution in [-0.2, 0) is 16.0 Å². The van der Waals surface area contributed by atoms with Crippen LogP contribution in [0.25, 0.3) is 0 Å². The molecule has 0 heterocycles. The normalized spacial score (nSPS) is 11.9. The number of carboxylic acids is 1. The van der Waals surface area contributed by atoms with Gasteiger partial charge in [-0.2, -0.15) is 0 Å². The molecule has 0 aliphatic rings. The highest BCUT2D eigenvalue weighted by Crippen LogP contribution is 2.17. The predicted octanol–water partition coefficient (Wildman–Crippen LogP) is 1.44. The van der Waals surface area contributed by atoms with Gasteiger partial charge in [-0.15, -0.1) is 0 Å². The Kier molecular flexibility index (Phi) is 5.29. The summed E-state index contributed by atoms with van der Waals surface area (Å²) >= 11 is 0. The van der Waals surface area contributed by atoms with E-state index in [1.165, 1.54) is 19.1 Å². The number of benzene rings is 1. The lowest BCUT2D eigenvalue weighted by Gasteiger charge is -2.17. The second-order valence-electron chi connectivity index (χ2n) is 4.35. The van der Waals surface area contributed by atoms with E-state index in [1.807, 2.05) is 0 Å². The number of phenols is 1. The van der Waals surface area contributed by atoms with Crippen molar-refractivity contribution in [3.05, 3.63) is 29.6 Å². The van der Waals surface area contributed by atoms with Gasteiger partial charge in [0, 0.05) is 25.5 Å². The lowest BCUT2D eigenvalue weighted by molar-refractivity contribution is -0.137. The maximum absolute atomic E-state index is 13.1. The van der Waals surface area contributed by atoms with Crippen LogP contribution in [0.15, 0.2) is 18.2 Å². The van der Waals surface area contributed by atoms with Gasteiger partial charge in [0.05, 0.1) is 0 Å². The number of hydrogen-bond donors (Lipinski definition) is 3. The maximum atomic E-state index is 13.1. The van der Waals surface area contributed by atoms with E-state index in [0.717, 1.165) is 6.07 Å². The fourth-order valence-electron chi connectivity index (χ4n) is 1.85. The molecule has 0 aromatic heterocycles. The lowest BCUT2D eigenvalue weighted by atomic mass is 10.0. The lowest BCUT2D eigenvalue weighted by Crippen LogP contribution is -2.35. The molecular weight excluding hydrogens is 253 g/mol. The Morgan fingerprint density at radius 2 is 2.05 bits per heavy atom. The average Bonchev–Trinajstić information content (AvgIpc) is 2.23. The summed E-state index contributed by atoms with van der Waals surface area (Å²) in [6.07, 6.45) is 0.413. The summed E-state index contributed by atoms with van der Waals surface area (Å²) in [5, 5.41) is 20.5. The van der Waals surface area contributed by atoms with Crippen molar-refractivity contribution < 1.29 is 24.2 Å². The number of phenolic OH excluding ortho intramolecular Hbond substituents is 1. The van der Waals surface area contributed by atoms with Crippen LogP contribution in [0.3, 0.4) is 0 Å². The van der Waals surface area contributed by atoms with Gasteiger partial charge in [-0.3, -0.25) is 9.59 Å². The van der Waals surface area contributed by atoms with Crippen LogP contribution in [0.4, 0.5) is 4.39 Å². The molecule has 0 saturated carbocycles. The minimum atomic E-state index is -0.961. The van der Waals surface area contributed by atoms with Gasteiger partial charge in [-0.25, -0.2) is 4.39 Å². The molecule has 1 aromatic rings. The van der Waals surface area contributed by atoms with Crippen molar-refractivity contribution in [1.82, 2.24) is 5.32 Å². The molecule has 0 radical (unpaired) electrons. The molecule has 0 aliphatic carbocycles. The zero-order chi connectivity index (χ0) is 14.4. The first-order valence-electron chi connectivity index (χ1n) is 5.84. The largest absolute Gasteiger partial charge is 0.508 e. The molecule has 1 unspecified atom stereocenters. The molecule has 0 spiro atoms. The SMILES string of the molecule is CC(=O)NC(CCC(=O)O)Cc1cc(O)cc(F)c1. The summed E-state index contributed by atoms with van der Waals surface area (Å²) in [5.74, 6) is -2.02. The quantitative estimate of drug-likeness (QED) is 0.729. The molecule has 0 saturated heterocycles. The van der Waals surface area contributed by atoms with Crippen LogP contribution < -0.4 is 5.32 Å². The van der Waals surface area contributed by atoms with E-state index >= 15 is 0 Å². The molecule has 1 rings (SSSR count). The first-order valence-corrected chi connectivity index (χ1v) is 5.84. The highest BCUT2D eigenvalue weighted by Gasteiger charge is 2.14. The zero-order valence-electron chi connectivity index (χ0n) is 10.5. The Hall–Kier alpha value is -2.11. The summed E-state index contributed by atoms with van der Waals surface area (Å²) in [5.41, 5.74) is 0.502. The summed E-state index contributed by atoms with van der Waals surface area (Å²) in [4.78, 5) is 21.6. The number of carbonyl (C=O) groups is 2. The second kappa shape index (κ2) is 6.72. The first kappa shape index (κ1) is 14.9. The summed E-state index contributed by atoms with van der Waals surface area (Å²) in [7, 11) is 0. The number of aliphatic carboxylic acids is 1. The Balaban J connectivity index is 2.74. The van der Waals surface area contributed by atoms with Crippen LogP contribution in [0.5, 0.6) is 5.75 Å². The molecular formula is C13H16FNO4. The van der Waals surface area contributed by atoms with Crippen molar-refractivity contribution in [2.24, 2.45) is 0 Å². The van der Waals surface area contributed by atoms with E-state index in [0.29, 0.717) is 5.56 Å². The van der Waals surface area contributed by atoms with E-state index in [9.17, 15) is 19.1 Å². The molecule has 1 aromatic carbocycles. The summed E-state index contributed by atoms with van der Waals surface area (Å²) in [6.45, 7) is 1.33. The van der Waals surface area contributed by atoms with Gasteiger partial charge in [0.2, 0.25) is 5.91 Å². The average molecular weight is 269 g/mol. The number of aromatic hydroxyl groups is 1. The molecule has 1 atom stereocenters. The van der Waals surface area contributed by atoms with E-state index < -0.39 is 17.8 Å². The standard InChI is InChI=1S/C13H16FNO4/c1-8(16)15-11(2-3-13(18)19)5-9-4-10(14)7-12(17)6-9/h4,6-7,11,17H,2-3,5H2,1H3,(H,15,16)(H,18,19). The Labute approximate surface area is 110 Å². The van der Waals surface area contributed by atoms with Crippen molar-refractivity contribution in [2.75, 3.05) is 0 Å². The maximum Gasteiger partial charge on any atom is 0.303 e. The Morgan fingerprint density at radius 3 is 2.58 bits per heavy atom. The highest BCUT2D eigenvalue weighted by atomic mass is 19.1. The Morgan fingerprint density at radius 1 is 1.37 bits per heavy atom. The molecule has 6 heteroatoms. The fraction of sp³-hybridized carbons (Fsp3) is 0.385. The molecule has 0 fully saturated rings. The molecule has 3 N–H and O–H groups in total. The van der Waals surface area contributed by atoms with Crippen LogP contribution in [0.2, 0.25) is 0 Å². The third kappa shape index (κ3) is 5.85. The highest BCUT2D eigenvalue weighted by molar-refractivity contribution is 5.73. The molecule has 104 valence electrons. The van der Waals surface area contributed by atoms with Gasteiger partial charge in [0.25, 0.3) is 0 Å². The summed E-state index contributed by atoms with van der Waals surface area (Å²) < 4.78 is 13.1. The number of carbonyl (C=O) groups excluding carboxylic acids is 1. The van der Waals surface area contributed by atoms with Gasteiger partial charge in [0.1, 0.15) is 11.6 Å². The zero-order valence-corrected chi connectivity index (χ0v) is 10.5. The van der Waals surface area contributed by atoms with E-state index in [1.54, 1.807) is 0 Å². The topological polar surface area (TPSA) is 86.6 Å². The van der Waals surface area contributed by atoms with Crippen LogP contribution in [0.1, 0.15) is 25.3 Å². The number of carboxylic acid groups (broad SMARTS) is 1. The molecule has 1 amide bonds. The minimum absolute atomic E-state index is 0.0910. The number of nitrogens with one attached hydrogen (secondary N) is 1. The smallest absolute Gasteiger partial charge is 0.303 e. The van der Waals surface area contributed by atoms with Crippen LogP contribution in [0, 0.1) is 5.82 Å². The van der Waals surface area contributed by atoms with Crippen molar-refractivity contribution in [2.45, 2.75) is 32.2 Å². The van der Waals surface area contributed by atoms with Crippen LogP contribution in [-0.4, -0.2) is 28.1 Å². The summed E-state index contributed by atoms with van der Waals surface area (Å²) in [6, 6.07) is 3.21. The van der Waals surface area contributed by atoms with E-state index in [4.69, 9.17) is 5.11 Å². The van der Waals surface area contributed by atoms with Gasteiger partial charge in [-0.1, -0.05) is 0 Å². The van der Waals surface area contributed by atoms with Crippen molar-refractivity contribution in [1.29, 1.82) is 0 Å². The van der Waals surface area contributed by atoms with Crippen molar-refractivity contribution in [3.63, 3.8) is 0 Å². The van der Waals surface area contributed by atoms with Crippen molar-refractivity contribution >= 4 is 11.9 Å². The molecule has 5 nitrogen and oxygen atoms in total. The molecule has 0 aliphatic heterocycles. The third-order valence-electron chi connectivity index (χ3n) is 2.54. The molecule has 19 heavy (non-hydrogen) atoms. The number of halogens is 1. The second-order valence-corrected chi connectivity index (χ2v) is 4.35. The third-order valence-corrected chi connectivity index (χ3v) is 2.54. The van der Waals surface area contributed by atoms with Gasteiger partial charge in [0.15, 0.2) is 0 Å². The minimum Gasteiger partial charge on any atom is -0.508 e. The van der Waals surface area contributed by atoms with Gasteiger partial charge < -0.3 is 15.5 Å². The fourth-order valence-corrected chi connectivity index (χ4v) is 1.85. The Bertz CT molecular complexity index is 455. The predicted molar refractivity (Wildman–Crippen MR) is 66.2 cm³/mol. The van der Waals surface area contributed by atoms with E-state index in [-0.39, 0.29) is 30.9 Å². The van der Waals surface area contributed by atoms with Gasteiger partial charge in [-0.05, 0) is 30.5 Å². The van der Waals surface area contributed by atoms with Crippen molar-refractivity contribution in [3.8, 4) is 5.75 Å². The van der Waals surface area contributed by atoms with Crippen LogP contribution >= 0.6 is 0 Å². The number of hydrogen-bond acceptors (Lipinski definition) is 3. The number of rotatable bonds is 6. The monoisotopic (exact) mass is 269 g/mol. The number of amides is 1.